The molecule has 2 aromatic carbocycles. The Morgan fingerprint density at radius 1 is 0.667 bits per heavy atom. The first-order chi connectivity index (χ1) is 15.5. The summed E-state index contributed by atoms with van der Waals surface area (Å²) in [5.74, 6) is 1.89. The molecule has 0 saturated carbocycles. The van der Waals surface area contributed by atoms with Gasteiger partial charge in [-0.2, -0.15) is 0 Å². The van der Waals surface area contributed by atoms with Crippen molar-refractivity contribution in [3.8, 4) is 11.5 Å². The van der Waals surface area contributed by atoms with Gasteiger partial charge in [0.15, 0.2) is 0 Å². The number of hydrogen-bond donors (Lipinski definition) is 0. The second kappa shape index (κ2) is 9.54. The zero-order valence-electron chi connectivity index (χ0n) is 20.7. The van der Waals surface area contributed by atoms with Crippen LogP contribution in [0.3, 0.4) is 0 Å². The lowest BCUT2D eigenvalue weighted by Gasteiger charge is -2.40. The molecule has 0 N–H and O–H groups in total. The molecule has 0 fully saturated rings. The van der Waals surface area contributed by atoms with Gasteiger partial charge in [-0.15, -0.1) is 0 Å². The van der Waals surface area contributed by atoms with Crippen LogP contribution in [0.4, 0.5) is 0 Å². The molecule has 2 aliphatic heterocycles. The van der Waals surface area contributed by atoms with E-state index in [-0.39, 0.29) is 10.8 Å². The van der Waals surface area contributed by atoms with Gasteiger partial charge in [-0.05, 0) is 70.9 Å². The van der Waals surface area contributed by atoms with Crippen LogP contribution in [0.15, 0.2) is 24.3 Å². The summed E-state index contributed by atoms with van der Waals surface area (Å²) in [6.07, 6.45) is 3.15. The lowest BCUT2D eigenvalue weighted by Crippen LogP contribution is -2.32. The molecule has 2 heterocycles. The molecule has 2 unspecified atom stereocenters. The molecule has 2 aliphatic rings. The minimum absolute atomic E-state index is 0.0320. The van der Waals surface area contributed by atoms with Gasteiger partial charge < -0.3 is 9.47 Å². The van der Waals surface area contributed by atoms with E-state index in [1.54, 1.807) is 0 Å². The van der Waals surface area contributed by atoms with Crippen LogP contribution < -0.4 is 9.47 Å². The Hall–Kier alpha value is -1.04. The first-order valence-corrected chi connectivity index (χ1v) is 14.2. The number of halogens is 2. The molecule has 0 saturated heterocycles. The molecule has 0 aromatic heterocycles. The SMILES string of the molecule is CC(C)(C)c1cc(CCCBr)c2c(c1)C1Oc3c(CCCBr)cc(C(C)(C)C)cc3C(O2)O1. The fraction of sp³-hybridized carbons (Fsp3) is 0.571. The van der Waals surface area contributed by atoms with Gasteiger partial charge in [0, 0.05) is 10.7 Å². The Morgan fingerprint density at radius 3 is 1.39 bits per heavy atom. The summed E-state index contributed by atoms with van der Waals surface area (Å²) in [4.78, 5) is 0. The van der Waals surface area contributed by atoms with E-state index in [1.165, 1.54) is 22.3 Å². The third-order valence-corrected chi connectivity index (χ3v) is 7.61. The van der Waals surface area contributed by atoms with Gasteiger partial charge in [0.2, 0.25) is 12.6 Å². The van der Waals surface area contributed by atoms with Crippen LogP contribution >= 0.6 is 31.9 Å². The van der Waals surface area contributed by atoms with Crippen molar-refractivity contribution in [1.29, 1.82) is 0 Å². The van der Waals surface area contributed by atoms with Gasteiger partial charge in [-0.1, -0.05) is 85.5 Å². The van der Waals surface area contributed by atoms with Gasteiger partial charge in [-0.25, -0.2) is 0 Å². The number of rotatable bonds is 6. The summed E-state index contributed by atoms with van der Waals surface area (Å²) < 4.78 is 19.6. The lowest BCUT2D eigenvalue weighted by atomic mass is 9.83. The molecule has 0 aliphatic carbocycles. The standard InChI is InChI=1S/C28H36Br2O3/c1-27(2,3)19-13-17(9-7-11-29)23-21(15-19)25-32-24-18(10-8-12-30)14-20(28(4,5)6)16-22(24)26(31-23)33-25/h13-16,25-26H,7-12H2,1-6H3. The Labute approximate surface area is 215 Å². The summed E-state index contributed by atoms with van der Waals surface area (Å²) in [6, 6.07) is 9.08. The predicted molar refractivity (Wildman–Crippen MR) is 142 cm³/mol. The van der Waals surface area contributed by atoms with E-state index in [0.29, 0.717) is 0 Å². The minimum Gasteiger partial charge on any atom is -0.459 e. The first kappa shape index (κ1) is 25.1. The van der Waals surface area contributed by atoms with E-state index in [1.807, 2.05) is 0 Å². The zero-order chi connectivity index (χ0) is 24.0. The summed E-state index contributed by atoms with van der Waals surface area (Å²) in [5, 5.41) is 1.94. The van der Waals surface area contributed by atoms with Crippen LogP contribution in [0.2, 0.25) is 0 Å². The Morgan fingerprint density at radius 2 is 1.06 bits per heavy atom. The van der Waals surface area contributed by atoms with Crippen LogP contribution in [0, 0.1) is 0 Å². The molecular weight excluding hydrogens is 544 g/mol. The molecule has 2 bridgehead atoms. The monoisotopic (exact) mass is 578 g/mol. The number of hydrogen-bond acceptors (Lipinski definition) is 3. The smallest absolute Gasteiger partial charge is 0.233 e. The highest BCUT2D eigenvalue weighted by Gasteiger charge is 2.41. The zero-order valence-corrected chi connectivity index (χ0v) is 23.9. The van der Waals surface area contributed by atoms with Crippen molar-refractivity contribution >= 4 is 31.9 Å². The molecular formula is C28H36Br2O3. The van der Waals surface area contributed by atoms with Crippen LogP contribution in [0.5, 0.6) is 11.5 Å². The highest BCUT2D eigenvalue weighted by atomic mass is 79.9. The van der Waals surface area contributed by atoms with Crippen LogP contribution in [-0.4, -0.2) is 10.7 Å². The number of ether oxygens (including phenoxy) is 3. The van der Waals surface area contributed by atoms with Crippen molar-refractivity contribution in [3.63, 3.8) is 0 Å². The Bertz CT molecular complexity index is 936. The third-order valence-electron chi connectivity index (χ3n) is 6.49. The van der Waals surface area contributed by atoms with Gasteiger partial charge in [0.05, 0.1) is 11.1 Å². The summed E-state index contributed by atoms with van der Waals surface area (Å²) in [5.41, 5.74) is 7.15. The number of benzene rings is 2. The maximum absolute atomic E-state index is 6.63. The molecule has 5 heteroatoms. The van der Waals surface area contributed by atoms with Gasteiger partial charge in [-0.3, -0.25) is 4.74 Å². The van der Waals surface area contributed by atoms with Crippen molar-refractivity contribution in [1.82, 2.24) is 0 Å². The number of fused-ring (bicyclic) bond motifs is 6. The molecule has 3 nitrogen and oxygen atoms in total. The van der Waals surface area contributed by atoms with Crippen molar-refractivity contribution in [2.45, 2.75) is 90.6 Å². The van der Waals surface area contributed by atoms with Crippen molar-refractivity contribution in [2.75, 3.05) is 10.7 Å². The van der Waals surface area contributed by atoms with E-state index in [9.17, 15) is 0 Å². The van der Waals surface area contributed by atoms with E-state index >= 15 is 0 Å². The largest absolute Gasteiger partial charge is 0.459 e. The molecule has 0 spiro atoms. The second-order valence-corrected chi connectivity index (χ2v) is 12.8. The predicted octanol–water partition coefficient (Wildman–Crippen LogP) is 8.44. The van der Waals surface area contributed by atoms with Gasteiger partial charge in [0.25, 0.3) is 0 Å². The quantitative estimate of drug-likeness (QED) is 0.321. The lowest BCUT2D eigenvalue weighted by molar-refractivity contribution is -0.228. The summed E-state index contributed by atoms with van der Waals surface area (Å²) in [7, 11) is 0. The van der Waals surface area contributed by atoms with Crippen molar-refractivity contribution in [2.24, 2.45) is 0 Å². The first-order valence-electron chi connectivity index (χ1n) is 12.0. The maximum Gasteiger partial charge on any atom is 0.233 e. The summed E-state index contributed by atoms with van der Waals surface area (Å²) in [6.45, 7) is 13.5. The third kappa shape index (κ3) is 5.16. The van der Waals surface area contributed by atoms with Crippen molar-refractivity contribution < 1.29 is 14.2 Å². The Kier molecular flexibility index (Phi) is 7.25. The van der Waals surface area contributed by atoms with Crippen molar-refractivity contribution in [3.05, 3.63) is 57.6 Å². The van der Waals surface area contributed by atoms with E-state index < -0.39 is 12.6 Å². The van der Waals surface area contributed by atoms with Gasteiger partial charge in [0.1, 0.15) is 11.5 Å². The minimum atomic E-state index is -0.445. The summed E-state index contributed by atoms with van der Waals surface area (Å²) >= 11 is 7.18. The highest BCUT2D eigenvalue weighted by molar-refractivity contribution is 9.09. The molecule has 180 valence electrons. The van der Waals surface area contributed by atoms with E-state index in [4.69, 9.17) is 14.2 Å². The molecule has 33 heavy (non-hydrogen) atoms. The number of aryl methyl sites for hydroxylation is 2. The number of alkyl halides is 2. The molecule has 2 atom stereocenters. The molecule has 4 rings (SSSR count). The average molecular weight is 580 g/mol. The average Bonchev–Trinajstić information content (AvgIpc) is 2.74. The van der Waals surface area contributed by atoms with E-state index in [0.717, 1.165) is 59.0 Å². The molecule has 2 aromatic rings. The fourth-order valence-electron chi connectivity index (χ4n) is 4.47. The second-order valence-electron chi connectivity index (χ2n) is 11.2. The normalized spacial score (nSPS) is 19.4. The molecule has 0 amide bonds. The highest BCUT2D eigenvalue weighted by Crippen LogP contribution is 2.51. The van der Waals surface area contributed by atoms with Gasteiger partial charge >= 0.3 is 0 Å². The Balaban J connectivity index is 1.82. The van der Waals surface area contributed by atoms with Crippen LogP contribution in [-0.2, 0) is 28.4 Å². The van der Waals surface area contributed by atoms with E-state index in [2.05, 4.69) is 97.7 Å². The maximum atomic E-state index is 6.63. The fourth-order valence-corrected chi connectivity index (χ4v) is 5.03. The van der Waals surface area contributed by atoms with Crippen LogP contribution in [0.25, 0.3) is 0 Å². The molecule has 0 radical (unpaired) electrons. The topological polar surface area (TPSA) is 27.7 Å². The van der Waals surface area contributed by atoms with Crippen LogP contribution in [0.1, 0.15) is 100 Å².